The van der Waals surface area contributed by atoms with Gasteiger partial charge >= 0.3 is 0 Å². The third-order valence-corrected chi connectivity index (χ3v) is 5.45. The van der Waals surface area contributed by atoms with Crippen molar-refractivity contribution in [1.29, 1.82) is 0 Å². The standard InChI is InChI=1S/C26H34FN3O3/c1-5-24-22(17-29(19(3)4)16-21(31)18-32-6-2)26(33-25-15-11-10-14-23(25)27)30(28-24)20-12-8-7-9-13-20/h7-15,19,21,31H,5-6,16-18H2,1-4H3. The van der Waals surface area contributed by atoms with Crippen molar-refractivity contribution in [1.82, 2.24) is 14.7 Å². The number of nitrogens with zero attached hydrogens (tertiary/aromatic N) is 3. The van der Waals surface area contributed by atoms with Gasteiger partial charge < -0.3 is 14.6 Å². The van der Waals surface area contributed by atoms with Crippen molar-refractivity contribution < 1.29 is 19.0 Å². The van der Waals surface area contributed by atoms with Crippen LogP contribution in [0.3, 0.4) is 0 Å². The van der Waals surface area contributed by atoms with Crippen molar-refractivity contribution in [2.75, 3.05) is 19.8 Å². The first-order valence-electron chi connectivity index (χ1n) is 11.5. The second-order valence-electron chi connectivity index (χ2n) is 8.20. The van der Waals surface area contributed by atoms with Crippen LogP contribution >= 0.6 is 0 Å². The minimum Gasteiger partial charge on any atom is -0.435 e. The Balaban J connectivity index is 2.03. The second-order valence-corrected chi connectivity index (χ2v) is 8.20. The van der Waals surface area contributed by atoms with E-state index in [-0.39, 0.29) is 18.4 Å². The van der Waals surface area contributed by atoms with E-state index in [1.165, 1.54) is 6.07 Å². The molecule has 0 bridgehead atoms. The third-order valence-electron chi connectivity index (χ3n) is 5.45. The Hall–Kier alpha value is -2.74. The number of benzene rings is 2. The number of hydrogen-bond donors (Lipinski definition) is 1. The average Bonchev–Trinajstić information content (AvgIpc) is 3.16. The molecule has 1 N–H and O–H groups in total. The summed E-state index contributed by atoms with van der Waals surface area (Å²) in [6, 6.07) is 16.2. The Morgan fingerprint density at radius 1 is 1.06 bits per heavy atom. The van der Waals surface area contributed by atoms with Crippen LogP contribution in [-0.2, 0) is 17.7 Å². The molecule has 7 heteroatoms. The molecule has 3 rings (SSSR count). The molecule has 33 heavy (non-hydrogen) atoms. The highest BCUT2D eigenvalue weighted by molar-refractivity contribution is 5.44. The van der Waals surface area contributed by atoms with E-state index in [0.717, 1.165) is 16.9 Å². The molecule has 0 saturated carbocycles. The lowest BCUT2D eigenvalue weighted by molar-refractivity contribution is 0.0131. The quantitative estimate of drug-likeness (QED) is 0.418. The Morgan fingerprint density at radius 2 is 1.76 bits per heavy atom. The van der Waals surface area contributed by atoms with E-state index in [0.29, 0.717) is 32.0 Å². The summed E-state index contributed by atoms with van der Waals surface area (Å²) in [6.07, 6.45) is 0.0773. The molecule has 6 nitrogen and oxygen atoms in total. The van der Waals surface area contributed by atoms with Gasteiger partial charge in [0.25, 0.3) is 0 Å². The van der Waals surface area contributed by atoms with Gasteiger partial charge in [-0.1, -0.05) is 37.3 Å². The first-order chi connectivity index (χ1) is 15.9. The minimum atomic E-state index is -0.613. The Bertz CT molecular complexity index is 1010. The zero-order valence-corrected chi connectivity index (χ0v) is 19.9. The predicted molar refractivity (Wildman–Crippen MR) is 127 cm³/mol. The highest BCUT2D eigenvalue weighted by atomic mass is 19.1. The summed E-state index contributed by atoms with van der Waals surface area (Å²) in [5.74, 6) is 0.189. The van der Waals surface area contributed by atoms with Crippen LogP contribution in [0.2, 0.25) is 0 Å². The summed E-state index contributed by atoms with van der Waals surface area (Å²) >= 11 is 0. The number of aliphatic hydroxyl groups is 1. The zero-order chi connectivity index (χ0) is 23.8. The largest absolute Gasteiger partial charge is 0.435 e. The minimum absolute atomic E-state index is 0.144. The fourth-order valence-electron chi connectivity index (χ4n) is 3.64. The molecular weight excluding hydrogens is 421 g/mol. The summed E-state index contributed by atoms with van der Waals surface area (Å²) in [5.41, 5.74) is 2.58. The fraction of sp³-hybridized carbons (Fsp3) is 0.423. The number of aryl methyl sites for hydroxylation is 1. The lowest BCUT2D eigenvalue weighted by Gasteiger charge is -2.29. The molecule has 178 valence electrons. The van der Waals surface area contributed by atoms with E-state index in [2.05, 4.69) is 18.7 Å². The Morgan fingerprint density at radius 3 is 2.39 bits per heavy atom. The molecule has 2 aromatic carbocycles. The maximum atomic E-state index is 14.5. The Labute approximate surface area is 195 Å². The molecule has 0 aliphatic rings. The number of hydrogen-bond acceptors (Lipinski definition) is 5. The van der Waals surface area contributed by atoms with Crippen LogP contribution in [0, 0.1) is 5.82 Å². The second kappa shape index (κ2) is 11.9. The summed E-state index contributed by atoms with van der Waals surface area (Å²) in [7, 11) is 0. The molecule has 0 saturated heterocycles. The van der Waals surface area contributed by atoms with E-state index < -0.39 is 11.9 Å². The number of halogens is 1. The molecule has 0 spiro atoms. The van der Waals surface area contributed by atoms with Gasteiger partial charge in [-0.25, -0.2) is 9.07 Å². The highest BCUT2D eigenvalue weighted by Gasteiger charge is 2.25. The maximum absolute atomic E-state index is 14.5. The van der Waals surface area contributed by atoms with Gasteiger partial charge in [-0.2, -0.15) is 5.10 Å². The van der Waals surface area contributed by atoms with Crippen molar-refractivity contribution in [2.45, 2.75) is 52.8 Å². The topological polar surface area (TPSA) is 59.8 Å². The van der Waals surface area contributed by atoms with Crippen molar-refractivity contribution in [3.05, 3.63) is 71.7 Å². The van der Waals surface area contributed by atoms with Crippen LogP contribution < -0.4 is 4.74 Å². The molecular formula is C26H34FN3O3. The summed E-state index contributed by atoms with van der Waals surface area (Å²) in [6.45, 7) is 9.89. The normalized spacial score (nSPS) is 12.5. The van der Waals surface area contributed by atoms with Gasteiger partial charge in [-0.05, 0) is 51.5 Å². The van der Waals surface area contributed by atoms with Gasteiger partial charge in [0.2, 0.25) is 5.88 Å². The molecule has 0 amide bonds. The number of para-hydroxylation sites is 2. The molecule has 1 unspecified atom stereocenters. The Kier molecular flexibility index (Phi) is 9.00. The summed E-state index contributed by atoms with van der Waals surface area (Å²) in [5, 5.41) is 15.3. The van der Waals surface area contributed by atoms with Crippen LogP contribution in [0.25, 0.3) is 5.69 Å². The van der Waals surface area contributed by atoms with Crippen LogP contribution in [0.5, 0.6) is 11.6 Å². The molecule has 0 radical (unpaired) electrons. The molecule has 1 aromatic heterocycles. The first-order valence-corrected chi connectivity index (χ1v) is 11.5. The van der Waals surface area contributed by atoms with Gasteiger partial charge in [-0.3, -0.25) is 4.90 Å². The molecule has 0 aliphatic heterocycles. The van der Waals surface area contributed by atoms with Gasteiger partial charge in [0, 0.05) is 25.7 Å². The third kappa shape index (κ3) is 6.41. The SMILES string of the molecule is CCOCC(O)CN(Cc1c(CC)nn(-c2ccccc2)c1Oc1ccccc1F)C(C)C. The molecule has 3 aromatic rings. The lowest BCUT2D eigenvalue weighted by atomic mass is 10.1. The number of ether oxygens (including phenoxy) is 2. The fourth-order valence-corrected chi connectivity index (χ4v) is 3.64. The van der Waals surface area contributed by atoms with Crippen molar-refractivity contribution in [2.24, 2.45) is 0 Å². The van der Waals surface area contributed by atoms with E-state index in [9.17, 15) is 9.50 Å². The molecule has 1 atom stereocenters. The van der Waals surface area contributed by atoms with E-state index in [1.54, 1.807) is 22.9 Å². The van der Waals surface area contributed by atoms with E-state index in [4.69, 9.17) is 14.6 Å². The van der Waals surface area contributed by atoms with Gasteiger partial charge in [0.05, 0.1) is 29.7 Å². The predicted octanol–water partition coefficient (Wildman–Crippen LogP) is 4.97. The van der Waals surface area contributed by atoms with Crippen LogP contribution in [0.1, 0.15) is 39.0 Å². The smallest absolute Gasteiger partial charge is 0.227 e. The van der Waals surface area contributed by atoms with Crippen LogP contribution in [0.4, 0.5) is 4.39 Å². The van der Waals surface area contributed by atoms with E-state index in [1.807, 2.05) is 44.2 Å². The van der Waals surface area contributed by atoms with E-state index >= 15 is 0 Å². The lowest BCUT2D eigenvalue weighted by Crippen LogP contribution is -2.39. The van der Waals surface area contributed by atoms with Gasteiger partial charge in [0.15, 0.2) is 11.6 Å². The number of aromatic nitrogens is 2. The van der Waals surface area contributed by atoms with Crippen LogP contribution in [0.15, 0.2) is 54.6 Å². The summed E-state index contributed by atoms with van der Waals surface area (Å²) < 4.78 is 27.8. The monoisotopic (exact) mass is 455 g/mol. The molecule has 0 aliphatic carbocycles. The van der Waals surface area contributed by atoms with Crippen LogP contribution in [-0.4, -0.2) is 51.7 Å². The average molecular weight is 456 g/mol. The highest BCUT2D eigenvalue weighted by Crippen LogP contribution is 2.33. The molecule has 1 heterocycles. The zero-order valence-electron chi connectivity index (χ0n) is 19.9. The molecule has 0 fully saturated rings. The summed E-state index contributed by atoms with van der Waals surface area (Å²) in [4.78, 5) is 2.16. The van der Waals surface area contributed by atoms with Crippen molar-refractivity contribution >= 4 is 0 Å². The number of rotatable bonds is 12. The van der Waals surface area contributed by atoms with Gasteiger partial charge in [-0.15, -0.1) is 0 Å². The van der Waals surface area contributed by atoms with Crippen molar-refractivity contribution in [3.8, 4) is 17.3 Å². The number of aliphatic hydroxyl groups excluding tert-OH is 1. The van der Waals surface area contributed by atoms with Gasteiger partial charge in [0.1, 0.15) is 0 Å². The van der Waals surface area contributed by atoms with Crippen molar-refractivity contribution in [3.63, 3.8) is 0 Å². The maximum Gasteiger partial charge on any atom is 0.227 e. The first kappa shape index (κ1) is 24.9.